The molecule has 0 N–H and O–H groups in total. The summed E-state index contributed by atoms with van der Waals surface area (Å²) in [5, 5.41) is 0. The highest BCUT2D eigenvalue weighted by Gasteiger charge is 2.28. The first-order valence-corrected chi connectivity index (χ1v) is 11.1. The summed E-state index contributed by atoms with van der Waals surface area (Å²) >= 11 is 0. The van der Waals surface area contributed by atoms with Crippen LogP contribution in [0.4, 0.5) is 10.1 Å². The van der Waals surface area contributed by atoms with E-state index in [2.05, 4.69) is 0 Å². The highest BCUT2D eigenvalue weighted by molar-refractivity contribution is 6.02. The lowest BCUT2D eigenvalue weighted by atomic mass is 10.1. The molecule has 0 saturated carbocycles. The Morgan fingerprint density at radius 1 is 1.14 bits per heavy atom. The number of carbonyl (C=O) groups is 3. The molecule has 3 aromatic rings. The molecule has 182 valence electrons. The number of amides is 2. The fraction of sp³-hybridized carbons (Fsp3) is 0.269. The van der Waals surface area contributed by atoms with Gasteiger partial charge >= 0.3 is 0 Å². The van der Waals surface area contributed by atoms with Gasteiger partial charge in [-0.3, -0.25) is 19.3 Å². The first-order chi connectivity index (χ1) is 16.8. The molecule has 0 unspecified atom stereocenters. The van der Waals surface area contributed by atoms with Crippen molar-refractivity contribution in [3.8, 4) is 11.5 Å². The van der Waals surface area contributed by atoms with Crippen LogP contribution in [-0.2, 0) is 11.3 Å². The summed E-state index contributed by atoms with van der Waals surface area (Å²) in [5.74, 6) is 0.203. The molecule has 35 heavy (non-hydrogen) atoms. The summed E-state index contributed by atoms with van der Waals surface area (Å²) in [6.45, 7) is 3.74. The number of nitrogens with zero attached hydrogens (tertiary/aromatic N) is 2. The molecule has 0 atom stereocenters. The molecule has 4 rings (SSSR count). The number of aryl methyl sites for hydroxylation is 1. The molecular weight excluding hydrogens is 455 g/mol. The van der Waals surface area contributed by atoms with E-state index in [0.717, 1.165) is 0 Å². The number of ether oxygens (including phenoxy) is 2. The zero-order valence-electron chi connectivity index (χ0n) is 19.7. The number of benzene rings is 2. The van der Waals surface area contributed by atoms with Gasteiger partial charge in [-0.25, -0.2) is 4.39 Å². The van der Waals surface area contributed by atoms with E-state index in [1.807, 2.05) is 6.92 Å². The van der Waals surface area contributed by atoms with Crippen molar-refractivity contribution in [2.45, 2.75) is 20.4 Å². The van der Waals surface area contributed by atoms with Crippen molar-refractivity contribution >= 4 is 23.3 Å². The van der Waals surface area contributed by atoms with Crippen LogP contribution in [0.25, 0.3) is 0 Å². The summed E-state index contributed by atoms with van der Waals surface area (Å²) in [5.41, 5.74) is 1.32. The van der Waals surface area contributed by atoms with Crippen molar-refractivity contribution in [3.05, 3.63) is 77.0 Å². The zero-order chi connectivity index (χ0) is 25.1. The maximum absolute atomic E-state index is 13.3. The monoisotopic (exact) mass is 480 g/mol. The van der Waals surface area contributed by atoms with Gasteiger partial charge in [0.1, 0.15) is 23.1 Å². The maximum atomic E-state index is 13.3. The van der Waals surface area contributed by atoms with Crippen molar-refractivity contribution < 1.29 is 32.7 Å². The molecule has 1 aliphatic heterocycles. The Bertz CT molecular complexity index is 1280. The number of halogens is 1. The highest BCUT2D eigenvalue weighted by Crippen LogP contribution is 2.34. The number of furan rings is 1. The Hall–Kier alpha value is -4.14. The molecule has 0 aliphatic carbocycles. The predicted octanol–water partition coefficient (Wildman–Crippen LogP) is 4.01. The first-order valence-electron chi connectivity index (χ1n) is 11.1. The Kier molecular flexibility index (Phi) is 6.86. The van der Waals surface area contributed by atoms with Gasteiger partial charge in [-0.15, -0.1) is 0 Å². The summed E-state index contributed by atoms with van der Waals surface area (Å²) in [6.07, 6.45) is 0. The standard InChI is InChI=1S/C26H25FN2O6/c1-4-28(3)26(32)24-10-7-19(35-24)13-29-20-12-17(5-8-23(20)34-15-25(29)31)21(30)14-33-22-9-6-18(27)11-16(22)2/h5-12H,4,13-15H2,1-3H3. The average Bonchev–Trinajstić information content (AvgIpc) is 3.32. The van der Waals surface area contributed by atoms with Crippen molar-refractivity contribution in [1.29, 1.82) is 0 Å². The third kappa shape index (κ3) is 5.18. The van der Waals surface area contributed by atoms with Crippen LogP contribution in [0.3, 0.4) is 0 Å². The van der Waals surface area contributed by atoms with Crippen LogP contribution in [0.1, 0.15) is 39.2 Å². The number of carbonyl (C=O) groups excluding carboxylic acids is 3. The van der Waals surface area contributed by atoms with E-state index in [1.54, 1.807) is 44.3 Å². The van der Waals surface area contributed by atoms with Crippen LogP contribution in [0.5, 0.6) is 11.5 Å². The van der Waals surface area contributed by atoms with Crippen LogP contribution in [0, 0.1) is 12.7 Å². The minimum atomic E-state index is -0.383. The van der Waals surface area contributed by atoms with Gasteiger partial charge in [0.25, 0.3) is 11.8 Å². The number of Topliss-reactive ketones (excluding diaryl/α,β-unsaturated/α-hetero) is 1. The zero-order valence-corrected chi connectivity index (χ0v) is 19.7. The number of rotatable bonds is 8. The molecular formula is C26H25FN2O6. The molecule has 1 aliphatic rings. The summed E-state index contributed by atoms with van der Waals surface area (Å²) in [7, 11) is 1.67. The van der Waals surface area contributed by atoms with Crippen molar-refractivity contribution in [2.75, 3.05) is 31.7 Å². The molecule has 0 saturated heterocycles. The van der Waals surface area contributed by atoms with Crippen LogP contribution < -0.4 is 14.4 Å². The molecule has 0 fully saturated rings. The third-order valence-corrected chi connectivity index (χ3v) is 5.73. The fourth-order valence-electron chi connectivity index (χ4n) is 3.62. The van der Waals surface area contributed by atoms with Crippen LogP contribution in [-0.4, -0.2) is 49.3 Å². The topological polar surface area (TPSA) is 89.3 Å². The maximum Gasteiger partial charge on any atom is 0.289 e. The minimum Gasteiger partial charge on any atom is -0.485 e. The molecule has 2 heterocycles. The van der Waals surface area contributed by atoms with E-state index >= 15 is 0 Å². The molecule has 0 bridgehead atoms. The second-order valence-electron chi connectivity index (χ2n) is 8.16. The Morgan fingerprint density at radius 3 is 2.69 bits per heavy atom. The van der Waals surface area contributed by atoms with Crippen molar-refractivity contribution in [1.82, 2.24) is 4.90 Å². The van der Waals surface area contributed by atoms with Gasteiger partial charge in [0, 0.05) is 19.2 Å². The molecule has 2 amide bonds. The number of anilines is 1. The smallest absolute Gasteiger partial charge is 0.289 e. The first kappa shape index (κ1) is 24.0. The number of ketones is 1. The summed E-state index contributed by atoms with van der Waals surface area (Å²) < 4.78 is 30.1. The van der Waals surface area contributed by atoms with Crippen LogP contribution >= 0.6 is 0 Å². The third-order valence-electron chi connectivity index (χ3n) is 5.73. The van der Waals surface area contributed by atoms with E-state index < -0.39 is 0 Å². The Labute approximate surface area is 201 Å². The van der Waals surface area contributed by atoms with E-state index in [1.165, 1.54) is 28.0 Å². The molecule has 1 aromatic heterocycles. The summed E-state index contributed by atoms with van der Waals surface area (Å²) in [4.78, 5) is 40.8. The van der Waals surface area contributed by atoms with Crippen molar-refractivity contribution in [2.24, 2.45) is 0 Å². The largest absolute Gasteiger partial charge is 0.485 e. The summed E-state index contributed by atoms with van der Waals surface area (Å²) in [6, 6.07) is 12.1. The second kappa shape index (κ2) is 10.0. The molecule has 8 nitrogen and oxygen atoms in total. The van der Waals surface area contributed by atoms with Gasteiger partial charge in [-0.2, -0.15) is 0 Å². The lowest BCUT2D eigenvalue weighted by molar-refractivity contribution is -0.121. The molecule has 2 aromatic carbocycles. The molecule has 0 radical (unpaired) electrons. The van der Waals surface area contributed by atoms with Gasteiger partial charge in [0.2, 0.25) is 0 Å². The van der Waals surface area contributed by atoms with Crippen molar-refractivity contribution in [3.63, 3.8) is 0 Å². The Morgan fingerprint density at radius 2 is 1.94 bits per heavy atom. The lowest BCUT2D eigenvalue weighted by Gasteiger charge is -2.29. The van der Waals surface area contributed by atoms with Gasteiger partial charge in [0.15, 0.2) is 24.8 Å². The number of hydrogen-bond acceptors (Lipinski definition) is 6. The quantitative estimate of drug-likeness (QED) is 0.453. The Balaban J connectivity index is 1.52. The van der Waals surface area contributed by atoms with Gasteiger partial charge in [-0.1, -0.05) is 0 Å². The molecule has 9 heteroatoms. The lowest BCUT2D eigenvalue weighted by Crippen LogP contribution is -2.38. The predicted molar refractivity (Wildman–Crippen MR) is 125 cm³/mol. The van der Waals surface area contributed by atoms with Crippen LogP contribution in [0.15, 0.2) is 52.9 Å². The molecule has 0 spiro atoms. The number of fused-ring (bicyclic) bond motifs is 1. The highest BCUT2D eigenvalue weighted by atomic mass is 19.1. The minimum absolute atomic E-state index is 0.0707. The normalized spacial score (nSPS) is 12.7. The van der Waals surface area contributed by atoms with E-state index in [-0.39, 0.29) is 48.9 Å². The van der Waals surface area contributed by atoms with Gasteiger partial charge < -0.3 is 18.8 Å². The average molecular weight is 480 g/mol. The van der Waals surface area contributed by atoms with E-state index in [9.17, 15) is 18.8 Å². The van der Waals surface area contributed by atoms with E-state index in [4.69, 9.17) is 13.9 Å². The van der Waals surface area contributed by atoms with Gasteiger partial charge in [0.05, 0.1) is 12.2 Å². The van der Waals surface area contributed by atoms with Gasteiger partial charge in [-0.05, 0) is 67.9 Å². The van der Waals surface area contributed by atoms with Crippen LogP contribution in [0.2, 0.25) is 0 Å². The fourth-order valence-corrected chi connectivity index (χ4v) is 3.62. The van der Waals surface area contributed by atoms with E-state index in [0.29, 0.717) is 40.6 Å². The number of hydrogen-bond donors (Lipinski definition) is 0. The SMILES string of the molecule is CCN(C)C(=O)c1ccc(CN2C(=O)COc3ccc(C(=O)COc4ccc(F)cc4C)cc32)o1. The second-order valence-corrected chi connectivity index (χ2v) is 8.16.